The zero-order chi connectivity index (χ0) is 47.5. The fourth-order valence-corrected chi connectivity index (χ4v) is 8.06. The summed E-state index contributed by atoms with van der Waals surface area (Å²) in [7, 11) is 0. The Bertz CT molecular complexity index is 1280. The molecule has 0 aromatic heterocycles. The van der Waals surface area contributed by atoms with Gasteiger partial charge in [-0.15, -0.1) is 0 Å². The largest absolute Gasteiger partial charge is 0.394 e. The van der Waals surface area contributed by atoms with E-state index in [1.165, 1.54) is 77.0 Å². The van der Waals surface area contributed by atoms with Gasteiger partial charge in [0.1, 0.15) is 48.8 Å². The molecular weight excluding hydrogens is 835 g/mol. The first-order valence-electron chi connectivity index (χ1n) is 25.4. The van der Waals surface area contributed by atoms with Crippen LogP contribution >= 0.6 is 0 Å². The number of rotatable bonds is 38. The lowest BCUT2D eigenvalue weighted by Gasteiger charge is -2.46. The maximum absolute atomic E-state index is 13.1. The van der Waals surface area contributed by atoms with Crippen LogP contribution in [0.5, 0.6) is 0 Å². The summed E-state index contributed by atoms with van der Waals surface area (Å²) in [5.74, 6) is -0.252. The number of amides is 1. The van der Waals surface area contributed by atoms with E-state index in [0.717, 1.165) is 70.6 Å². The van der Waals surface area contributed by atoms with Crippen LogP contribution in [0.15, 0.2) is 48.6 Å². The van der Waals surface area contributed by atoms with E-state index in [9.17, 15) is 45.6 Å². The van der Waals surface area contributed by atoms with E-state index in [4.69, 9.17) is 18.9 Å². The molecule has 0 spiro atoms. The highest BCUT2D eigenvalue weighted by Gasteiger charge is 2.51. The number of carbonyl (C=O) groups is 1. The summed E-state index contributed by atoms with van der Waals surface area (Å²) in [6.07, 6.45) is 27.8. The van der Waals surface area contributed by atoms with Gasteiger partial charge in [0, 0.05) is 6.42 Å². The van der Waals surface area contributed by atoms with Crippen molar-refractivity contribution in [3.05, 3.63) is 48.6 Å². The molecule has 0 aromatic carbocycles. The molecule has 12 unspecified atom stereocenters. The number of carbonyl (C=O) groups excluding carboxylic acids is 1. The van der Waals surface area contributed by atoms with Crippen molar-refractivity contribution in [1.29, 1.82) is 0 Å². The second-order valence-corrected chi connectivity index (χ2v) is 17.9. The van der Waals surface area contributed by atoms with Crippen molar-refractivity contribution in [2.75, 3.05) is 19.8 Å². The average molecular weight is 926 g/mol. The number of aliphatic hydroxyl groups is 8. The third-order valence-corrected chi connectivity index (χ3v) is 12.3. The number of nitrogens with one attached hydrogen (secondary N) is 1. The summed E-state index contributed by atoms with van der Waals surface area (Å²) < 4.78 is 22.6. The van der Waals surface area contributed by atoms with Gasteiger partial charge in [-0.05, 0) is 57.8 Å². The van der Waals surface area contributed by atoms with Crippen LogP contribution in [-0.4, -0.2) is 140 Å². The van der Waals surface area contributed by atoms with Crippen molar-refractivity contribution in [3.63, 3.8) is 0 Å². The smallest absolute Gasteiger partial charge is 0.220 e. The lowest BCUT2D eigenvalue weighted by atomic mass is 9.97. The SMILES string of the molecule is CCCCCC/C=C/C(O)C(COC1OC(CO)C(OC2OC(CO)C(O)C(O)C2O)C(O)C1O)NC(=O)CCCCCCCCCCCC/C=C\C/C=C\C/C=C\CCCCCCC. The van der Waals surface area contributed by atoms with Gasteiger partial charge in [0.2, 0.25) is 5.91 Å². The highest BCUT2D eigenvalue weighted by Crippen LogP contribution is 2.30. The fourth-order valence-electron chi connectivity index (χ4n) is 8.06. The van der Waals surface area contributed by atoms with Crippen molar-refractivity contribution in [3.8, 4) is 0 Å². The molecule has 0 aliphatic carbocycles. The number of hydrogen-bond acceptors (Lipinski definition) is 13. The summed E-state index contributed by atoms with van der Waals surface area (Å²) in [5, 5.41) is 86.3. The first-order chi connectivity index (χ1) is 31.6. The third kappa shape index (κ3) is 25.2. The fraction of sp³-hybridized carbons (Fsp3) is 0.824. The van der Waals surface area contributed by atoms with Crippen molar-refractivity contribution in [2.24, 2.45) is 0 Å². The van der Waals surface area contributed by atoms with Crippen molar-refractivity contribution < 1.29 is 64.6 Å². The van der Waals surface area contributed by atoms with Gasteiger partial charge in [-0.2, -0.15) is 0 Å². The number of hydrogen-bond donors (Lipinski definition) is 9. The third-order valence-electron chi connectivity index (χ3n) is 12.3. The topological polar surface area (TPSA) is 228 Å². The predicted molar refractivity (Wildman–Crippen MR) is 254 cm³/mol. The molecule has 0 saturated carbocycles. The molecule has 2 aliphatic rings. The molecule has 2 fully saturated rings. The first kappa shape index (κ1) is 59.1. The highest BCUT2D eigenvalue weighted by atomic mass is 16.7. The maximum atomic E-state index is 13.1. The van der Waals surface area contributed by atoms with Crippen LogP contribution < -0.4 is 5.32 Å². The van der Waals surface area contributed by atoms with Crippen molar-refractivity contribution >= 4 is 5.91 Å². The monoisotopic (exact) mass is 926 g/mol. The van der Waals surface area contributed by atoms with Crippen LogP contribution in [0.2, 0.25) is 0 Å². The second-order valence-electron chi connectivity index (χ2n) is 17.9. The first-order valence-corrected chi connectivity index (χ1v) is 25.4. The molecule has 2 saturated heterocycles. The van der Waals surface area contributed by atoms with E-state index in [1.54, 1.807) is 6.08 Å². The van der Waals surface area contributed by atoms with Gasteiger partial charge in [0.15, 0.2) is 12.6 Å². The van der Waals surface area contributed by atoms with Gasteiger partial charge in [-0.25, -0.2) is 0 Å². The Morgan fingerprint density at radius 1 is 0.554 bits per heavy atom. The predicted octanol–water partition coefficient (Wildman–Crippen LogP) is 6.49. The molecule has 0 radical (unpaired) electrons. The summed E-state index contributed by atoms with van der Waals surface area (Å²) in [4.78, 5) is 13.1. The van der Waals surface area contributed by atoms with Crippen LogP contribution in [0.3, 0.4) is 0 Å². The molecule has 2 heterocycles. The Kier molecular flexibility index (Phi) is 34.4. The number of aliphatic hydroxyl groups excluding tert-OH is 8. The van der Waals surface area contributed by atoms with Crippen LogP contribution in [0.4, 0.5) is 0 Å². The van der Waals surface area contributed by atoms with Gasteiger partial charge < -0.3 is 65.1 Å². The zero-order valence-corrected chi connectivity index (χ0v) is 40.0. The molecule has 14 nitrogen and oxygen atoms in total. The number of ether oxygens (including phenoxy) is 4. The number of unbranched alkanes of at least 4 members (excludes halogenated alkanes) is 19. The maximum Gasteiger partial charge on any atom is 0.220 e. The summed E-state index contributed by atoms with van der Waals surface area (Å²) in [5.41, 5.74) is 0. The Morgan fingerprint density at radius 3 is 1.57 bits per heavy atom. The van der Waals surface area contributed by atoms with E-state index in [2.05, 4.69) is 55.6 Å². The van der Waals surface area contributed by atoms with E-state index < -0.39 is 86.8 Å². The summed E-state index contributed by atoms with van der Waals surface area (Å²) in [6, 6.07) is -0.914. The van der Waals surface area contributed by atoms with E-state index in [0.29, 0.717) is 6.42 Å². The minimum absolute atomic E-state index is 0.252. The van der Waals surface area contributed by atoms with Gasteiger partial charge in [0.25, 0.3) is 0 Å². The quantitative estimate of drug-likeness (QED) is 0.0239. The molecule has 12 atom stereocenters. The van der Waals surface area contributed by atoms with Crippen LogP contribution in [0.1, 0.15) is 174 Å². The zero-order valence-electron chi connectivity index (χ0n) is 40.0. The molecule has 0 aromatic rings. The molecule has 2 aliphatic heterocycles. The standard InChI is InChI=1S/C51H91NO13/c1-3-5-7-9-11-12-13-14-15-16-17-18-19-20-21-22-23-24-25-26-27-28-29-31-33-35-43(56)52-39(40(55)34-32-30-10-8-6-4-2)38-62-50-48(61)46(59)49(42(37-54)64-50)65-51-47(60)45(58)44(57)41(36-53)63-51/h13-14,16-17,19-20,32,34,39-42,44-51,53-55,57-61H,3-12,15,18,21-31,33,35-38H2,1-2H3,(H,52,56)/b14-13-,17-16-,20-19-,34-32+. The van der Waals surface area contributed by atoms with Crippen molar-refractivity contribution in [1.82, 2.24) is 5.32 Å². The lowest BCUT2D eigenvalue weighted by Crippen LogP contribution is -2.65. The Balaban J connectivity index is 1.69. The van der Waals surface area contributed by atoms with Crippen molar-refractivity contribution in [2.45, 2.75) is 248 Å². The van der Waals surface area contributed by atoms with E-state index in [-0.39, 0.29) is 18.9 Å². The Morgan fingerprint density at radius 2 is 1.02 bits per heavy atom. The normalized spacial score (nSPS) is 27.4. The molecule has 14 heteroatoms. The van der Waals surface area contributed by atoms with Crippen LogP contribution in [0.25, 0.3) is 0 Å². The van der Waals surface area contributed by atoms with Gasteiger partial charge in [-0.1, -0.05) is 159 Å². The molecular formula is C51H91NO13. The lowest BCUT2D eigenvalue weighted by molar-refractivity contribution is -0.359. The highest BCUT2D eigenvalue weighted by molar-refractivity contribution is 5.76. The minimum atomic E-state index is -1.79. The van der Waals surface area contributed by atoms with Gasteiger partial charge >= 0.3 is 0 Å². The van der Waals surface area contributed by atoms with Gasteiger partial charge in [-0.3, -0.25) is 4.79 Å². The molecule has 0 bridgehead atoms. The molecule has 9 N–H and O–H groups in total. The average Bonchev–Trinajstić information content (AvgIpc) is 3.30. The van der Waals surface area contributed by atoms with E-state index in [1.807, 2.05) is 6.08 Å². The van der Waals surface area contributed by atoms with Gasteiger partial charge in [0.05, 0.1) is 32.0 Å². The summed E-state index contributed by atoms with van der Waals surface area (Å²) >= 11 is 0. The Hall–Kier alpha value is -2.05. The van der Waals surface area contributed by atoms with Crippen LogP contribution in [-0.2, 0) is 23.7 Å². The van der Waals surface area contributed by atoms with E-state index >= 15 is 0 Å². The molecule has 2 rings (SSSR count). The Labute approximate surface area is 391 Å². The minimum Gasteiger partial charge on any atom is -0.394 e. The summed E-state index contributed by atoms with van der Waals surface area (Å²) in [6.45, 7) is 2.66. The molecule has 65 heavy (non-hydrogen) atoms. The number of allylic oxidation sites excluding steroid dienone is 7. The van der Waals surface area contributed by atoms with Crippen LogP contribution in [0, 0.1) is 0 Å². The second kappa shape index (κ2) is 37.9. The molecule has 378 valence electrons. The molecule has 1 amide bonds.